The molecular formula is C39H59N5O5. The molecule has 1 aromatic heterocycles. The predicted molar refractivity (Wildman–Crippen MR) is 192 cm³/mol. The first-order chi connectivity index (χ1) is 23.8. The van der Waals surface area contributed by atoms with Crippen molar-refractivity contribution in [1.29, 1.82) is 0 Å². The molecule has 5 rings (SSSR count). The van der Waals surface area contributed by atoms with Crippen LogP contribution in [0.4, 0.5) is 10.7 Å². The van der Waals surface area contributed by atoms with E-state index in [0.29, 0.717) is 25.0 Å². The summed E-state index contributed by atoms with van der Waals surface area (Å²) in [6, 6.07) is 2.59. The second-order valence-electron chi connectivity index (χ2n) is 14.6. The molecule has 10 nitrogen and oxygen atoms in total. The van der Waals surface area contributed by atoms with Crippen molar-refractivity contribution in [3.8, 4) is 0 Å². The van der Waals surface area contributed by atoms with Crippen molar-refractivity contribution >= 4 is 18.0 Å². The zero-order valence-electron chi connectivity index (χ0n) is 30.0. The minimum absolute atomic E-state index is 0.0461. The molecule has 5 atom stereocenters. The van der Waals surface area contributed by atoms with Gasteiger partial charge < -0.3 is 24.4 Å². The second kappa shape index (κ2) is 18.7. The van der Waals surface area contributed by atoms with Crippen LogP contribution in [0.5, 0.6) is 0 Å². The van der Waals surface area contributed by atoms with Gasteiger partial charge in [-0.15, -0.1) is 0 Å². The smallest absolute Gasteiger partial charge is 0.410 e. The third-order valence-corrected chi connectivity index (χ3v) is 10.7. The van der Waals surface area contributed by atoms with Crippen LogP contribution in [0.1, 0.15) is 109 Å². The fourth-order valence-corrected chi connectivity index (χ4v) is 7.56. The molecule has 0 aromatic carbocycles. The summed E-state index contributed by atoms with van der Waals surface area (Å²) in [4.78, 5) is 41.8. The Morgan fingerprint density at radius 1 is 1.00 bits per heavy atom. The van der Waals surface area contributed by atoms with Gasteiger partial charge in [0.15, 0.2) is 0 Å². The number of ether oxygens (including phenoxy) is 2. The van der Waals surface area contributed by atoms with Gasteiger partial charge in [-0.1, -0.05) is 70.3 Å². The van der Waals surface area contributed by atoms with Crippen molar-refractivity contribution in [2.45, 2.75) is 128 Å². The van der Waals surface area contributed by atoms with Gasteiger partial charge in [0.2, 0.25) is 5.95 Å². The number of aliphatic hydroxyl groups excluding tert-OH is 1. The van der Waals surface area contributed by atoms with Crippen LogP contribution in [0.25, 0.3) is 0 Å². The molecule has 49 heavy (non-hydrogen) atoms. The fraction of sp³-hybridized carbons (Fsp3) is 0.692. The molecule has 1 saturated carbocycles. The summed E-state index contributed by atoms with van der Waals surface area (Å²) in [5, 5.41) is 9.91. The van der Waals surface area contributed by atoms with E-state index in [0.717, 1.165) is 76.1 Å². The lowest BCUT2D eigenvalue weighted by atomic mass is 9.95. The van der Waals surface area contributed by atoms with Crippen molar-refractivity contribution in [2.75, 3.05) is 44.2 Å². The first-order valence-corrected chi connectivity index (χ1v) is 18.9. The van der Waals surface area contributed by atoms with E-state index in [1.54, 1.807) is 6.20 Å². The topological polar surface area (TPSA) is 108 Å². The Morgan fingerprint density at radius 3 is 2.47 bits per heavy atom. The summed E-state index contributed by atoms with van der Waals surface area (Å²) in [5.74, 6) is 0.417. The summed E-state index contributed by atoms with van der Waals surface area (Å²) < 4.78 is 12.1. The number of piperazine rings is 1. The average molecular weight is 678 g/mol. The van der Waals surface area contributed by atoms with Gasteiger partial charge in [0, 0.05) is 69.8 Å². The SMILES string of the molecule is C/C(=C\C=C\C(C)c1ccnc(N2CC[C@@H](O)C2)n1)[C@H]1OC(=O)CCCCC[C@@H](OC(=O)N2CCN(C3CCCCCC3)CC2)/C=C\[C@@H]1C. The summed E-state index contributed by atoms with van der Waals surface area (Å²) in [5.41, 5.74) is 1.85. The third-order valence-electron chi connectivity index (χ3n) is 10.7. The van der Waals surface area contributed by atoms with Crippen molar-refractivity contribution < 1.29 is 24.2 Å². The van der Waals surface area contributed by atoms with Crippen LogP contribution in [0.2, 0.25) is 0 Å². The van der Waals surface area contributed by atoms with Gasteiger partial charge in [-0.2, -0.15) is 0 Å². The summed E-state index contributed by atoms with van der Waals surface area (Å²) in [7, 11) is 0. The van der Waals surface area contributed by atoms with E-state index >= 15 is 0 Å². The minimum Gasteiger partial charge on any atom is -0.457 e. The molecular weight excluding hydrogens is 618 g/mol. The van der Waals surface area contributed by atoms with Crippen LogP contribution in [-0.2, 0) is 14.3 Å². The van der Waals surface area contributed by atoms with Gasteiger partial charge in [0.25, 0.3) is 0 Å². The number of rotatable bonds is 7. The van der Waals surface area contributed by atoms with E-state index in [2.05, 4.69) is 22.9 Å². The maximum atomic E-state index is 13.3. The van der Waals surface area contributed by atoms with Crippen molar-refractivity contribution in [3.05, 3.63) is 53.9 Å². The highest BCUT2D eigenvalue weighted by Gasteiger charge is 2.29. The number of hydrogen-bond donors (Lipinski definition) is 1. The van der Waals surface area contributed by atoms with Gasteiger partial charge in [-0.25, -0.2) is 14.8 Å². The Labute approximate surface area is 293 Å². The van der Waals surface area contributed by atoms with E-state index < -0.39 is 6.10 Å². The maximum Gasteiger partial charge on any atom is 0.410 e. The lowest BCUT2D eigenvalue weighted by Gasteiger charge is -2.39. The van der Waals surface area contributed by atoms with Crippen LogP contribution < -0.4 is 4.90 Å². The predicted octanol–water partition coefficient (Wildman–Crippen LogP) is 6.57. The molecule has 0 radical (unpaired) electrons. The molecule has 1 aliphatic carbocycles. The monoisotopic (exact) mass is 677 g/mol. The van der Waals surface area contributed by atoms with E-state index in [1.165, 1.54) is 38.5 Å². The molecule has 1 aromatic rings. The van der Waals surface area contributed by atoms with Crippen molar-refractivity contribution in [2.24, 2.45) is 5.92 Å². The molecule has 3 aliphatic heterocycles. The Morgan fingerprint density at radius 2 is 1.73 bits per heavy atom. The summed E-state index contributed by atoms with van der Waals surface area (Å²) in [6.07, 6.45) is 22.9. The minimum atomic E-state index is -0.427. The molecule has 1 N–H and O–H groups in total. The zero-order valence-corrected chi connectivity index (χ0v) is 30.0. The van der Waals surface area contributed by atoms with Crippen molar-refractivity contribution in [1.82, 2.24) is 19.8 Å². The number of amides is 1. The highest BCUT2D eigenvalue weighted by molar-refractivity contribution is 5.70. The van der Waals surface area contributed by atoms with E-state index in [-0.39, 0.29) is 36.1 Å². The first kappa shape index (κ1) is 37.0. The molecule has 1 amide bonds. The van der Waals surface area contributed by atoms with Gasteiger partial charge in [0.1, 0.15) is 12.2 Å². The highest BCUT2D eigenvalue weighted by atomic mass is 16.6. The lowest BCUT2D eigenvalue weighted by Crippen LogP contribution is -2.52. The van der Waals surface area contributed by atoms with E-state index in [9.17, 15) is 14.7 Å². The van der Waals surface area contributed by atoms with Gasteiger partial charge in [-0.3, -0.25) is 9.69 Å². The molecule has 4 heterocycles. The maximum absolute atomic E-state index is 13.3. The van der Waals surface area contributed by atoms with Gasteiger partial charge in [-0.05, 0) is 63.2 Å². The number of β-amino-alcohol motifs (C(OH)–C–C–N with tert-alkyl or cyclic N) is 1. The van der Waals surface area contributed by atoms with E-state index in [4.69, 9.17) is 14.5 Å². The number of cyclic esters (lactones) is 1. The Hall–Kier alpha value is -3.24. The largest absolute Gasteiger partial charge is 0.457 e. The molecule has 3 fully saturated rings. The number of aromatic nitrogens is 2. The van der Waals surface area contributed by atoms with Crippen LogP contribution in [0.3, 0.4) is 0 Å². The Bertz CT molecular complexity index is 1300. The number of carbonyl (C=O) groups excluding carboxylic acids is 2. The van der Waals surface area contributed by atoms with Crippen LogP contribution in [0.15, 0.2) is 48.2 Å². The van der Waals surface area contributed by atoms with Crippen LogP contribution >= 0.6 is 0 Å². The quantitative estimate of drug-likeness (QED) is 0.148. The normalized spacial score (nSPS) is 28.7. The highest BCUT2D eigenvalue weighted by Crippen LogP contribution is 2.25. The van der Waals surface area contributed by atoms with Gasteiger partial charge >= 0.3 is 12.1 Å². The van der Waals surface area contributed by atoms with Crippen LogP contribution in [-0.4, -0.2) is 101 Å². The van der Waals surface area contributed by atoms with Crippen LogP contribution in [0, 0.1) is 5.92 Å². The number of anilines is 1. The first-order valence-electron chi connectivity index (χ1n) is 18.9. The average Bonchev–Trinajstić information content (AvgIpc) is 3.36. The Balaban J connectivity index is 1.18. The standard InChI is InChI=1S/C39H59N5O5/c1-29(35-20-22-40-38(41-35)44-23-21-33(45)28-44)12-11-13-30(2)37-31(3)18-19-34(16-9-6-10-17-36(46)49-37)48-39(47)43-26-24-42(25-27-43)32-14-7-4-5-8-15-32/h11-13,18-20,22,29,31-34,37,45H,4-10,14-17,21,23-28H2,1-3H3/b12-11+,19-18-,30-13+/t29?,31-,33+,34+,37+/m0/s1. The van der Waals surface area contributed by atoms with Crippen molar-refractivity contribution in [3.63, 3.8) is 0 Å². The second-order valence-corrected chi connectivity index (χ2v) is 14.6. The fourth-order valence-electron chi connectivity index (χ4n) is 7.56. The number of carbonyl (C=O) groups is 2. The van der Waals surface area contributed by atoms with Gasteiger partial charge in [0.05, 0.1) is 11.8 Å². The summed E-state index contributed by atoms with van der Waals surface area (Å²) >= 11 is 0. The molecule has 0 bridgehead atoms. The third kappa shape index (κ3) is 11.1. The number of hydrogen-bond acceptors (Lipinski definition) is 9. The molecule has 0 spiro atoms. The number of aliphatic hydroxyl groups is 1. The molecule has 2 saturated heterocycles. The molecule has 4 aliphatic rings. The number of allylic oxidation sites excluding steroid dienone is 3. The molecule has 270 valence electrons. The summed E-state index contributed by atoms with van der Waals surface area (Å²) in [6.45, 7) is 10.7. The lowest BCUT2D eigenvalue weighted by molar-refractivity contribution is -0.148. The number of nitrogens with zero attached hydrogens (tertiary/aromatic N) is 5. The number of esters is 1. The van der Waals surface area contributed by atoms with E-state index in [1.807, 2.05) is 54.0 Å². The zero-order chi connectivity index (χ0) is 34.6. The molecule has 1 unspecified atom stereocenters. The molecule has 10 heteroatoms. The Kier molecular flexibility index (Phi) is 14.1.